The van der Waals surface area contributed by atoms with E-state index in [0.29, 0.717) is 36.5 Å². The summed E-state index contributed by atoms with van der Waals surface area (Å²) in [5.74, 6) is 2.04. The molecule has 2 amide bonds. The topological polar surface area (TPSA) is 81.4 Å². The van der Waals surface area contributed by atoms with Gasteiger partial charge in [0, 0.05) is 12.5 Å². The summed E-state index contributed by atoms with van der Waals surface area (Å²) in [6, 6.07) is 7.54. The fraction of sp³-hybridized carbons (Fsp3) is 0.619. The molecule has 1 aliphatic rings. The molecule has 26 heavy (non-hydrogen) atoms. The number of ether oxygens (including phenoxy) is 1. The van der Waals surface area contributed by atoms with Gasteiger partial charge < -0.3 is 15.8 Å². The second-order valence-corrected chi connectivity index (χ2v) is 7.84. The van der Waals surface area contributed by atoms with Crippen LogP contribution >= 0.6 is 0 Å². The molecule has 0 radical (unpaired) electrons. The van der Waals surface area contributed by atoms with Gasteiger partial charge in [0.25, 0.3) is 5.91 Å². The van der Waals surface area contributed by atoms with Crippen molar-refractivity contribution >= 4 is 11.8 Å². The summed E-state index contributed by atoms with van der Waals surface area (Å²) in [4.78, 5) is 23.7. The Labute approximate surface area is 156 Å². The van der Waals surface area contributed by atoms with Crippen LogP contribution in [0.3, 0.4) is 0 Å². The van der Waals surface area contributed by atoms with Crippen molar-refractivity contribution in [2.45, 2.75) is 46.5 Å². The monoisotopic (exact) mass is 360 g/mol. The quantitative estimate of drug-likeness (QED) is 0.748. The van der Waals surface area contributed by atoms with Crippen LogP contribution in [0.2, 0.25) is 0 Å². The summed E-state index contributed by atoms with van der Waals surface area (Å²) in [6.45, 7) is 7.09. The molecule has 5 nitrogen and oxygen atoms in total. The highest BCUT2D eigenvalue weighted by Gasteiger charge is 2.35. The van der Waals surface area contributed by atoms with Crippen LogP contribution < -0.4 is 15.8 Å². The van der Waals surface area contributed by atoms with E-state index in [4.69, 9.17) is 10.5 Å². The van der Waals surface area contributed by atoms with Gasteiger partial charge in [0.05, 0.1) is 0 Å². The molecular formula is C21H32N2O3. The van der Waals surface area contributed by atoms with Crippen LogP contribution in [0.15, 0.2) is 24.3 Å². The fourth-order valence-electron chi connectivity index (χ4n) is 3.96. The smallest absolute Gasteiger partial charge is 0.255 e. The molecule has 1 aromatic carbocycles. The SMILES string of the molecule is CC1CC[C@@H](C(C)C)[C@H](C(=O)NCCc2ccccc2OCC(N)=O)C1. The molecule has 0 saturated heterocycles. The number of hydrogen-bond donors (Lipinski definition) is 2. The molecule has 0 bridgehead atoms. The first-order valence-corrected chi connectivity index (χ1v) is 9.65. The molecule has 1 aliphatic carbocycles. The molecule has 1 aromatic rings. The molecule has 0 spiro atoms. The first-order chi connectivity index (χ1) is 12.4. The van der Waals surface area contributed by atoms with Crippen molar-refractivity contribution in [2.75, 3.05) is 13.2 Å². The average Bonchev–Trinajstić information content (AvgIpc) is 2.60. The summed E-state index contributed by atoms with van der Waals surface area (Å²) >= 11 is 0. The first kappa shape index (κ1) is 20.3. The molecule has 0 aliphatic heterocycles. The Morgan fingerprint density at radius 1 is 1.27 bits per heavy atom. The minimum absolute atomic E-state index is 0.111. The van der Waals surface area contributed by atoms with Gasteiger partial charge in [0.1, 0.15) is 5.75 Å². The van der Waals surface area contributed by atoms with Crippen LogP contribution in [0.25, 0.3) is 0 Å². The van der Waals surface area contributed by atoms with Crippen LogP contribution in [0, 0.1) is 23.7 Å². The van der Waals surface area contributed by atoms with Crippen molar-refractivity contribution in [3.8, 4) is 5.75 Å². The predicted molar refractivity (Wildman–Crippen MR) is 103 cm³/mol. The highest BCUT2D eigenvalue weighted by Crippen LogP contribution is 2.38. The number of hydrogen-bond acceptors (Lipinski definition) is 3. The second-order valence-electron chi connectivity index (χ2n) is 7.84. The van der Waals surface area contributed by atoms with Crippen LogP contribution in [0.1, 0.15) is 45.6 Å². The summed E-state index contributed by atoms with van der Waals surface area (Å²) in [5, 5.41) is 3.11. The van der Waals surface area contributed by atoms with Crippen molar-refractivity contribution in [1.29, 1.82) is 0 Å². The Hall–Kier alpha value is -2.04. The summed E-state index contributed by atoms with van der Waals surface area (Å²) in [6.07, 6.45) is 4.00. The number of carbonyl (C=O) groups is 2. The number of nitrogens with one attached hydrogen (secondary N) is 1. The van der Waals surface area contributed by atoms with Gasteiger partial charge in [-0.25, -0.2) is 0 Å². The van der Waals surface area contributed by atoms with E-state index in [9.17, 15) is 9.59 Å². The molecule has 1 fully saturated rings. The normalized spacial score (nSPS) is 22.8. The lowest BCUT2D eigenvalue weighted by Gasteiger charge is -2.36. The Morgan fingerprint density at radius 2 is 2.00 bits per heavy atom. The summed E-state index contributed by atoms with van der Waals surface area (Å²) in [7, 11) is 0. The van der Waals surface area contributed by atoms with Gasteiger partial charge in [-0.1, -0.05) is 45.4 Å². The van der Waals surface area contributed by atoms with E-state index in [1.165, 1.54) is 6.42 Å². The molecule has 0 aromatic heterocycles. The highest BCUT2D eigenvalue weighted by atomic mass is 16.5. The first-order valence-electron chi connectivity index (χ1n) is 9.65. The van der Waals surface area contributed by atoms with Crippen molar-refractivity contribution < 1.29 is 14.3 Å². The molecule has 1 saturated carbocycles. The van der Waals surface area contributed by atoms with E-state index < -0.39 is 5.91 Å². The highest BCUT2D eigenvalue weighted by molar-refractivity contribution is 5.79. The molecule has 2 rings (SSSR count). The van der Waals surface area contributed by atoms with Crippen molar-refractivity contribution in [3.63, 3.8) is 0 Å². The lowest BCUT2D eigenvalue weighted by Crippen LogP contribution is -2.40. The van der Waals surface area contributed by atoms with E-state index in [1.807, 2.05) is 24.3 Å². The van der Waals surface area contributed by atoms with Gasteiger partial charge in [0.2, 0.25) is 5.91 Å². The Balaban J connectivity index is 1.90. The van der Waals surface area contributed by atoms with E-state index in [0.717, 1.165) is 18.4 Å². The van der Waals surface area contributed by atoms with E-state index in [-0.39, 0.29) is 18.4 Å². The van der Waals surface area contributed by atoms with Crippen LogP contribution in [0.5, 0.6) is 5.75 Å². The molecule has 5 heteroatoms. The molecule has 3 N–H and O–H groups in total. The van der Waals surface area contributed by atoms with Gasteiger partial charge in [-0.3, -0.25) is 9.59 Å². The number of amides is 2. The van der Waals surface area contributed by atoms with E-state index in [2.05, 4.69) is 26.1 Å². The average molecular weight is 360 g/mol. The van der Waals surface area contributed by atoms with Crippen LogP contribution in [-0.2, 0) is 16.0 Å². The molecule has 144 valence electrons. The predicted octanol–water partition coefficient (Wildman–Crippen LogP) is 2.92. The third-order valence-electron chi connectivity index (χ3n) is 5.40. The van der Waals surface area contributed by atoms with Gasteiger partial charge in [-0.05, 0) is 48.6 Å². The lowest BCUT2D eigenvalue weighted by atomic mass is 9.70. The number of primary amides is 1. The third-order valence-corrected chi connectivity index (χ3v) is 5.40. The zero-order valence-corrected chi connectivity index (χ0v) is 16.2. The van der Waals surface area contributed by atoms with Crippen molar-refractivity contribution in [2.24, 2.45) is 29.4 Å². The van der Waals surface area contributed by atoms with Crippen LogP contribution in [-0.4, -0.2) is 25.0 Å². The van der Waals surface area contributed by atoms with Gasteiger partial charge in [-0.15, -0.1) is 0 Å². The van der Waals surface area contributed by atoms with Crippen molar-refractivity contribution in [1.82, 2.24) is 5.32 Å². The van der Waals surface area contributed by atoms with Gasteiger partial charge >= 0.3 is 0 Å². The molecule has 3 atom stereocenters. The zero-order valence-electron chi connectivity index (χ0n) is 16.2. The molecule has 0 heterocycles. The third kappa shape index (κ3) is 5.75. The summed E-state index contributed by atoms with van der Waals surface area (Å²) in [5.41, 5.74) is 6.10. The minimum atomic E-state index is -0.501. The van der Waals surface area contributed by atoms with E-state index in [1.54, 1.807) is 0 Å². The number of benzene rings is 1. The number of carbonyl (C=O) groups excluding carboxylic acids is 2. The second kappa shape index (κ2) is 9.60. The van der Waals surface area contributed by atoms with Crippen LogP contribution in [0.4, 0.5) is 0 Å². The number of para-hydroxylation sites is 1. The zero-order chi connectivity index (χ0) is 19.1. The number of nitrogens with two attached hydrogens (primary N) is 1. The van der Waals surface area contributed by atoms with E-state index >= 15 is 0 Å². The maximum Gasteiger partial charge on any atom is 0.255 e. The largest absolute Gasteiger partial charge is 0.484 e. The fourth-order valence-corrected chi connectivity index (χ4v) is 3.96. The Kier molecular flexibility index (Phi) is 7.49. The number of rotatable bonds is 8. The summed E-state index contributed by atoms with van der Waals surface area (Å²) < 4.78 is 5.45. The standard InChI is InChI=1S/C21H32N2O3/c1-14(2)17-9-8-15(3)12-18(17)21(25)23-11-10-16-6-4-5-7-19(16)26-13-20(22)24/h4-7,14-15,17-18H,8-13H2,1-3H3,(H2,22,24)(H,23,25)/t15?,17-,18+/m0/s1. The Bertz CT molecular complexity index is 615. The van der Waals surface area contributed by atoms with Gasteiger partial charge in [0.15, 0.2) is 6.61 Å². The molecular weight excluding hydrogens is 328 g/mol. The Morgan fingerprint density at radius 3 is 2.69 bits per heavy atom. The maximum absolute atomic E-state index is 12.7. The van der Waals surface area contributed by atoms with Gasteiger partial charge in [-0.2, -0.15) is 0 Å². The van der Waals surface area contributed by atoms with Crippen molar-refractivity contribution in [3.05, 3.63) is 29.8 Å². The molecule has 1 unspecified atom stereocenters. The lowest BCUT2D eigenvalue weighted by molar-refractivity contribution is -0.129. The minimum Gasteiger partial charge on any atom is -0.484 e. The maximum atomic E-state index is 12.7.